The van der Waals surface area contributed by atoms with Gasteiger partial charge in [0.1, 0.15) is 5.82 Å². The molecule has 0 unspecified atom stereocenters. The number of nitrogens with one attached hydrogen (secondary N) is 1. The van der Waals surface area contributed by atoms with E-state index >= 15 is 0 Å². The van der Waals surface area contributed by atoms with Crippen molar-refractivity contribution in [3.8, 4) is 0 Å². The number of aromatic amines is 1. The second-order valence-electron chi connectivity index (χ2n) is 10.4. The second kappa shape index (κ2) is 5.76. The van der Waals surface area contributed by atoms with Gasteiger partial charge in [-0.1, -0.05) is 41.5 Å². The van der Waals surface area contributed by atoms with E-state index in [2.05, 4.69) is 38.7 Å². The van der Waals surface area contributed by atoms with Gasteiger partial charge in [0.05, 0.1) is 11.0 Å². The SMILES string of the molecule is CC(C)(C)c1nc2cc3c(cc2[nH]1)[C@]1(C)CCN(C(=O)C(F)(F)F)[C@H](C3)C1(C)C. The molecule has 2 aliphatic rings. The minimum absolute atomic E-state index is 0.122. The fourth-order valence-corrected chi connectivity index (χ4v) is 5.18. The van der Waals surface area contributed by atoms with Gasteiger partial charge >= 0.3 is 12.1 Å². The highest BCUT2D eigenvalue weighted by Gasteiger charge is 2.59. The largest absolute Gasteiger partial charge is 0.471 e. The van der Waals surface area contributed by atoms with Gasteiger partial charge in [-0.15, -0.1) is 0 Å². The summed E-state index contributed by atoms with van der Waals surface area (Å²) in [6.45, 7) is 12.5. The summed E-state index contributed by atoms with van der Waals surface area (Å²) in [5.41, 5.74) is 3.00. The summed E-state index contributed by atoms with van der Waals surface area (Å²) in [6.07, 6.45) is -3.94. The van der Waals surface area contributed by atoms with Crippen molar-refractivity contribution in [2.75, 3.05) is 6.54 Å². The molecule has 29 heavy (non-hydrogen) atoms. The van der Waals surface area contributed by atoms with Gasteiger partial charge < -0.3 is 9.88 Å². The highest BCUT2D eigenvalue weighted by molar-refractivity contribution is 5.83. The quantitative estimate of drug-likeness (QED) is 0.678. The van der Waals surface area contributed by atoms with E-state index in [1.165, 1.54) is 0 Å². The summed E-state index contributed by atoms with van der Waals surface area (Å²) in [5, 5.41) is 0. The van der Waals surface area contributed by atoms with E-state index < -0.39 is 23.5 Å². The molecule has 2 atom stereocenters. The lowest BCUT2D eigenvalue weighted by Gasteiger charge is -2.60. The minimum Gasteiger partial charge on any atom is -0.342 e. The number of hydrogen-bond acceptors (Lipinski definition) is 2. The third kappa shape index (κ3) is 2.80. The third-order valence-electron chi connectivity index (χ3n) is 7.41. The molecule has 0 radical (unpaired) electrons. The number of imidazole rings is 1. The molecule has 1 amide bonds. The third-order valence-corrected chi connectivity index (χ3v) is 7.41. The number of aromatic nitrogens is 2. The molecule has 1 aliphatic carbocycles. The Hall–Kier alpha value is -2.05. The molecule has 0 spiro atoms. The molecule has 1 aromatic heterocycles. The summed E-state index contributed by atoms with van der Waals surface area (Å²) in [7, 11) is 0. The van der Waals surface area contributed by atoms with Gasteiger partial charge in [-0.25, -0.2) is 4.98 Å². The van der Waals surface area contributed by atoms with E-state index in [1.54, 1.807) is 0 Å². The number of nitrogens with zero attached hydrogens (tertiary/aromatic N) is 2. The number of alkyl halides is 3. The first-order valence-electron chi connectivity index (χ1n) is 10.1. The van der Waals surface area contributed by atoms with Crippen molar-refractivity contribution >= 4 is 16.9 Å². The monoisotopic (exact) mass is 407 g/mol. The fourth-order valence-electron chi connectivity index (χ4n) is 5.18. The topological polar surface area (TPSA) is 49.0 Å². The zero-order valence-corrected chi connectivity index (χ0v) is 17.8. The van der Waals surface area contributed by atoms with E-state index in [1.807, 2.05) is 19.9 Å². The highest BCUT2D eigenvalue weighted by Crippen LogP contribution is 2.56. The van der Waals surface area contributed by atoms with Gasteiger partial charge in [-0.3, -0.25) is 4.79 Å². The van der Waals surface area contributed by atoms with Crippen LogP contribution in [0.4, 0.5) is 13.2 Å². The van der Waals surface area contributed by atoms with Crippen LogP contribution in [0.5, 0.6) is 0 Å². The first-order chi connectivity index (χ1) is 13.2. The Kier molecular flexibility index (Phi) is 4.02. The Morgan fingerprint density at radius 2 is 1.86 bits per heavy atom. The van der Waals surface area contributed by atoms with Gasteiger partial charge in [0.15, 0.2) is 0 Å². The van der Waals surface area contributed by atoms with Crippen molar-refractivity contribution in [2.45, 2.75) is 77.4 Å². The zero-order valence-electron chi connectivity index (χ0n) is 17.8. The van der Waals surface area contributed by atoms with Crippen molar-refractivity contribution in [3.63, 3.8) is 0 Å². The maximum atomic E-state index is 13.2. The standard InChI is InChI=1S/C22H28F3N3O/c1-19(2,3)17-26-14-9-12-10-16-20(4,5)21(6,13(12)11-15(14)27-17)7-8-28(16)18(29)22(23,24)25/h9,11,16H,7-8,10H2,1-6H3,(H,26,27)/t16-,21+/m1/s1. The molecular formula is C22H28F3N3O. The average Bonchev–Trinajstić information content (AvgIpc) is 2.99. The maximum absolute atomic E-state index is 13.2. The number of hydrogen-bond donors (Lipinski definition) is 1. The number of benzene rings is 1. The number of carbonyl (C=O) groups excluding carboxylic acids is 1. The number of H-pyrrole nitrogens is 1. The molecule has 2 heterocycles. The molecule has 0 saturated carbocycles. The van der Waals surface area contributed by atoms with Crippen LogP contribution in [0.15, 0.2) is 12.1 Å². The second-order valence-corrected chi connectivity index (χ2v) is 10.4. The van der Waals surface area contributed by atoms with E-state index in [0.29, 0.717) is 12.8 Å². The molecular weight excluding hydrogens is 379 g/mol. The predicted octanol–water partition coefficient (Wildman–Crippen LogP) is 4.86. The zero-order chi connectivity index (χ0) is 21.6. The van der Waals surface area contributed by atoms with Crippen LogP contribution in [0.2, 0.25) is 0 Å². The first-order valence-corrected chi connectivity index (χ1v) is 10.1. The molecule has 1 saturated heterocycles. The average molecular weight is 407 g/mol. The normalized spacial score (nSPS) is 26.5. The molecule has 2 aromatic rings. The van der Waals surface area contributed by atoms with E-state index in [-0.39, 0.29) is 17.4 Å². The summed E-state index contributed by atoms with van der Waals surface area (Å²) >= 11 is 0. The van der Waals surface area contributed by atoms with Gasteiger partial charge in [0, 0.05) is 23.4 Å². The van der Waals surface area contributed by atoms with Gasteiger partial charge in [0.25, 0.3) is 0 Å². The smallest absolute Gasteiger partial charge is 0.342 e. The van der Waals surface area contributed by atoms with Crippen LogP contribution in [0.25, 0.3) is 11.0 Å². The lowest BCUT2D eigenvalue weighted by atomic mass is 9.51. The van der Waals surface area contributed by atoms with Crippen LogP contribution in [0, 0.1) is 5.41 Å². The Balaban J connectivity index is 1.86. The number of likely N-dealkylation sites (tertiary alicyclic amines) is 1. The van der Waals surface area contributed by atoms with Crippen LogP contribution in [-0.4, -0.2) is 39.5 Å². The fraction of sp³-hybridized carbons (Fsp3) is 0.636. The molecule has 158 valence electrons. The molecule has 4 rings (SSSR count). The summed E-state index contributed by atoms with van der Waals surface area (Å²) < 4.78 is 39.7. The van der Waals surface area contributed by atoms with E-state index in [0.717, 1.165) is 32.9 Å². The Labute approximate surface area is 168 Å². The Morgan fingerprint density at radius 1 is 1.21 bits per heavy atom. The minimum atomic E-state index is -4.85. The molecule has 4 nitrogen and oxygen atoms in total. The predicted molar refractivity (Wildman–Crippen MR) is 106 cm³/mol. The molecule has 1 N–H and O–H groups in total. The van der Waals surface area contributed by atoms with Gasteiger partial charge in [0.2, 0.25) is 0 Å². The highest BCUT2D eigenvalue weighted by atomic mass is 19.4. The number of carbonyl (C=O) groups is 1. The van der Waals surface area contributed by atoms with Crippen molar-refractivity contribution in [2.24, 2.45) is 5.41 Å². The van der Waals surface area contributed by atoms with Crippen LogP contribution < -0.4 is 0 Å². The Morgan fingerprint density at radius 3 is 2.45 bits per heavy atom. The van der Waals surface area contributed by atoms with Crippen molar-refractivity contribution in [1.82, 2.24) is 14.9 Å². The summed E-state index contributed by atoms with van der Waals surface area (Å²) in [4.78, 5) is 21.3. The van der Waals surface area contributed by atoms with Gasteiger partial charge in [-0.2, -0.15) is 13.2 Å². The van der Waals surface area contributed by atoms with E-state index in [4.69, 9.17) is 4.98 Å². The van der Waals surface area contributed by atoms with Gasteiger partial charge in [-0.05, 0) is 41.5 Å². The lowest BCUT2D eigenvalue weighted by Crippen LogP contribution is -2.66. The van der Waals surface area contributed by atoms with Crippen LogP contribution in [-0.2, 0) is 22.0 Å². The van der Waals surface area contributed by atoms with E-state index in [9.17, 15) is 18.0 Å². The van der Waals surface area contributed by atoms with Crippen molar-refractivity contribution < 1.29 is 18.0 Å². The van der Waals surface area contributed by atoms with Crippen LogP contribution in [0.1, 0.15) is 64.9 Å². The summed E-state index contributed by atoms with van der Waals surface area (Å²) in [6, 6.07) is 3.63. The van der Waals surface area contributed by atoms with Crippen molar-refractivity contribution in [3.05, 3.63) is 29.1 Å². The number of fused-ring (bicyclic) bond motifs is 5. The van der Waals surface area contributed by atoms with Crippen LogP contribution >= 0.6 is 0 Å². The maximum Gasteiger partial charge on any atom is 0.471 e. The summed E-state index contributed by atoms with van der Waals surface area (Å²) in [5.74, 6) is -0.840. The molecule has 2 bridgehead atoms. The molecule has 1 aromatic carbocycles. The number of piperidine rings is 1. The number of amides is 1. The lowest BCUT2D eigenvalue weighted by molar-refractivity contribution is -0.195. The van der Waals surface area contributed by atoms with Crippen LogP contribution in [0.3, 0.4) is 0 Å². The molecule has 7 heteroatoms. The number of halogens is 3. The van der Waals surface area contributed by atoms with Crippen molar-refractivity contribution in [1.29, 1.82) is 0 Å². The molecule has 1 fully saturated rings. The Bertz CT molecular complexity index is 999. The number of rotatable bonds is 0. The molecule has 1 aliphatic heterocycles. The first kappa shape index (κ1) is 20.2.